The number of fused-ring (bicyclic) bond motifs is 1. The highest BCUT2D eigenvalue weighted by Crippen LogP contribution is 2.27. The largest absolute Gasteiger partial charge is 0.489 e. The smallest absolute Gasteiger partial charge is 0.120 e. The molecule has 0 radical (unpaired) electrons. The Morgan fingerprint density at radius 3 is 2.46 bits per heavy atom. The fraction of sp³-hybridized carbons (Fsp3) is 0.0476. The van der Waals surface area contributed by atoms with E-state index in [1.54, 1.807) is 0 Å². The highest BCUT2D eigenvalue weighted by atomic mass is 127. The maximum Gasteiger partial charge on any atom is 0.120 e. The molecule has 3 heteroatoms. The molecule has 3 aromatic carbocycles. The molecule has 2 nitrogen and oxygen atoms in total. The summed E-state index contributed by atoms with van der Waals surface area (Å²) < 4.78 is 9.38. The summed E-state index contributed by atoms with van der Waals surface area (Å²) in [6.45, 7) is 0.587. The lowest BCUT2D eigenvalue weighted by atomic mass is 10.2. The van der Waals surface area contributed by atoms with Crippen LogP contribution in [0.2, 0.25) is 0 Å². The fourth-order valence-electron chi connectivity index (χ4n) is 2.81. The Balaban J connectivity index is 1.62. The summed E-state index contributed by atoms with van der Waals surface area (Å²) in [5, 5.41) is 1.18. The van der Waals surface area contributed by atoms with E-state index in [0.29, 0.717) is 6.61 Å². The van der Waals surface area contributed by atoms with Crippen molar-refractivity contribution < 1.29 is 4.74 Å². The maximum absolute atomic E-state index is 5.93. The molecule has 0 saturated carbocycles. The average Bonchev–Trinajstić information content (AvgIpc) is 3.04. The first-order chi connectivity index (χ1) is 11.8. The van der Waals surface area contributed by atoms with Gasteiger partial charge in [0.05, 0.1) is 11.2 Å². The lowest BCUT2D eigenvalue weighted by Crippen LogP contribution is -1.96. The standard InChI is InChI=1S/C21H16INO/c22-19-8-4-5-9-21(19)23-13-12-17-14-18(10-11-20(17)23)24-15-16-6-2-1-3-7-16/h1-14H,15H2. The Morgan fingerprint density at radius 2 is 1.62 bits per heavy atom. The van der Waals surface area contributed by atoms with Crippen molar-refractivity contribution in [3.63, 3.8) is 0 Å². The Morgan fingerprint density at radius 1 is 0.833 bits per heavy atom. The minimum Gasteiger partial charge on any atom is -0.489 e. The predicted octanol–water partition coefficient (Wildman–Crippen LogP) is 5.81. The van der Waals surface area contributed by atoms with Gasteiger partial charge in [0.25, 0.3) is 0 Å². The number of ether oxygens (including phenoxy) is 1. The molecule has 24 heavy (non-hydrogen) atoms. The normalized spacial score (nSPS) is 10.9. The zero-order chi connectivity index (χ0) is 16.4. The Hall–Kier alpha value is -2.27. The SMILES string of the molecule is Ic1ccccc1-n1ccc2cc(OCc3ccccc3)ccc21. The number of hydrogen-bond donors (Lipinski definition) is 0. The van der Waals surface area contributed by atoms with Gasteiger partial charge >= 0.3 is 0 Å². The first kappa shape index (κ1) is 15.3. The number of halogens is 1. The summed E-state index contributed by atoms with van der Waals surface area (Å²) in [5.41, 5.74) is 3.56. The first-order valence-electron chi connectivity index (χ1n) is 7.84. The topological polar surface area (TPSA) is 14.2 Å². The molecule has 1 aromatic heterocycles. The fourth-order valence-corrected chi connectivity index (χ4v) is 3.46. The number of nitrogens with zero attached hydrogens (tertiary/aromatic N) is 1. The first-order valence-corrected chi connectivity index (χ1v) is 8.92. The number of benzene rings is 3. The lowest BCUT2D eigenvalue weighted by Gasteiger charge is -2.09. The second kappa shape index (κ2) is 6.69. The molecule has 0 bridgehead atoms. The van der Waals surface area contributed by atoms with Crippen molar-refractivity contribution in [1.82, 2.24) is 4.57 Å². The summed E-state index contributed by atoms with van der Waals surface area (Å²) in [7, 11) is 0. The molecule has 0 amide bonds. The summed E-state index contributed by atoms with van der Waals surface area (Å²) >= 11 is 2.38. The van der Waals surface area contributed by atoms with Gasteiger partial charge in [0.1, 0.15) is 12.4 Å². The molecule has 0 spiro atoms. The van der Waals surface area contributed by atoms with E-state index in [-0.39, 0.29) is 0 Å². The van der Waals surface area contributed by atoms with Crippen LogP contribution in [0.15, 0.2) is 85.1 Å². The molecule has 1 heterocycles. The van der Waals surface area contributed by atoms with Crippen LogP contribution in [-0.4, -0.2) is 4.57 Å². The van der Waals surface area contributed by atoms with Crippen LogP contribution in [0.25, 0.3) is 16.6 Å². The highest BCUT2D eigenvalue weighted by molar-refractivity contribution is 14.1. The van der Waals surface area contributed by atoms with E-state index in [9.17, 15) is 0 Å². The van der Waals surface area contributed by atoms with Gasteiger partial charge in [0.15, 0.2) is 0 Å². The van der Waals surface area contributed by atoms with Gasteiger partial charge in [0.2, 0.25) is 0 Å². The molecular formula is C21H16INO. The molecule has 0 unspecified atom stereocenters. The van der Waals surface area contributed by atoms with Crippen LogP contribution >= 0.6 is 22.6 Å². The van der Waals surface area contributed by atoms with E-state index in [4.69, 9.17) is 4.74 Å². The van der Waals surface area contributed by atoms with Crippen LogP contribution in [0, 0.1) is 3.57 Å². The van der Waals surface area contributed by atoms with Gasteiger partial charge in [-0.25, -0.2) is 0 Å². The summed E-state index contributed by atoms with van der Waals surface area (Å²) in [4.78, 5) is 0. The van der Waals surface area contributed by atoms with Crippen LogP contribution in [0.4, 0.5) is 0 Å². The van der Waals surface area contributed by atoms with E-state index in [0.717, 1.165) is 5.75 Å². The van der Waals surface area contributed by atoms with Crippen molar-refractivity contribution in [3.8, 4) is 11.4 Å². The van der Waals surface area contributed by atoms with Gasteiger partial charge in [-0.3, -0.25) is 0 Å². The van der Waals surface area contributed by atoms with Crippen LogP contribution in [0.3, 0.4) is 0 Å². The van der Waals surface area contributed by atoms with Crippen LogP contribution in [0.1, 0.15) is 5.56 Å². The molecule has 0 saturated heterocycles. The van der Waals surface area contributed by atoms with Crippen molar-refractivity contribution in [1.29, 1.82) is 0 Å². The van der Waals surface area contributed by atoms with Gasteiger partial charge in [-0.2, -0.15) is 0 Å². The molecule has 0 atom stereocenters. The van der Waals surface area contributed by atoms with Gasteiger partial charge in [-0.05, 0) is 64.6 Å². The van der Waals surface area contributed by atoms with Crippen LogP contribution < -0.4 is 4.74 Å². The predicted molar refractivity (Wildman–Crippen MR) is 107 cm³/mol. The number of aromatic nitrogens is 1. The molecule has 4 rings (SSSR count). The minimum atomic E-state index is 0.587. The number of rotatable bonds is 4. The Bertz CT molecular complexity index is 975. The zero-order valence-corrected chi connectivity index (χ0v) is 15.2. The van der Waals surface area contributed by atoms with E-state index in [1.165, 1.54) is 25.7 Å². The van der Waals surface area contributed by atoms with Crippen LogP contribution in [0.5, 0.6) is 5.75 Å². The van der Waals surface area contributed by atoms with Crippen molar-refractivity contribution in [2.24, 2.45) is 0 Å². The molecular weight excluding hydrogens is 409 g/mol. The molecule has 0 aliphatic rings. The van der Waals surface area contributed by atoms with Crippen molar-refractivity contribution in [3.05, 3.63) is 94.2 Å². The van der Waals surface area contributed by atoms with E-state index >= 15 is 0 Å². The molecule has 118 valence electrons. The monoisotopic (exact) mass is 425 g/mol. The second-order valence-corrected chi connectivity index (χ2v) is 6.79. The molecule has 4 aromatic rings. The second-order valence-electron chi connectivity index (χ2n) is 5.63. The Kier molecular flexibility index (Phi) is 4.26. The molecule has 0 aliphatic heterocycles. The number of hydrogen-bond acceptors (Lipinski definition) is 1. The van der Waals surface area contributed by atoms with Crippen molar-refractivity contribution >= 4 is 33.5 Å². The van der Waals surface area contributed by atoms with Gasteiger partial charge in [-0.15, -0.1) is 0 Å². The van der Waals surface area contributed by atoms with Crippen molar-refractivity contribution in [2.45, 2.75) is 6.61 Å². The summed E-state index contributed by atoms with van der Waals surface area (Å²) in [5.74, 6) is 0.895. The average molecular weight is 425 g/mol. The summed E-state index contributed by atoms with van der Waals surface area (Å²) in [6, 6.07) is 27.0. The highest BCUT2D eigenvalue weighted by Gasteiger charge is 2.07. The van der Waals surface area contributed by atoms with Gasteiger partial charge in [0, 0.05) is 15.2 Å². The van der Waals surface area contributed by atoms with E-state index < -0.39 is 0 Å². The molecule has 0 aliphatic carbocycles. The van der Waals surface area contributed by atoms with Crippen LogP contribution in [-0.2, 0) is 6.61 Å². The quantitative estimate of drug-likeness (QED) is 0.376. The lowest BCUT2D eigenvalue weighted by molar-refractivity contribution is 0.306. The third-order valence-corrected chi connectivity index (χ3v) is 4.93. The minimum absolute atomic E-state index is 0.587. The van der Waals surface area contributed by atoms with Gasteiger partial charge in [-0.1, -0.05) is 42.5 Å². The third-order valence-electron chi connectivity index (χ3n) is 4.02. The number of para-hydroxylation sites is 1. The zero-order valence-electron chi connectivity index (χ0n) is 13.0. The van der Waals surface area contributed by atoms with E-state index in [1.807, 2.05) is 24.3 Å². The Labute approximate surface area is 154 Å². The van der Waals surface area contributed by atoms with Gasteiger partial charge < -0.3 is 9.30 Å². The maximum atomic E-state index is 5.93. The van der Waals surface area contributed by atoms with E-state index in [2.05, 4.69) is 88.0 Å². The third kappa shape index (κ3) is 3.04. The molecule has 0 fully saturated rings. The summed E-state index contributed by atoms with van der Waals surface area (Å²) in [6.07, 6.45) is 2.11. The molecule has 0 N–H and O–H groups in total. The van der Waals surface area contributed by atoms with Crippen molar-refractivity contribution in [2.75, 3.05) is 0 Å².